The van der Waals surface area contributed by atoms with Gasteiger partial charge in [0.2, 0.25) is 0 Å². The fraction of sp³-hybridized carbons (Fsp3) is 0.476. The number of aryl methyl sites for hydroxylation is 1. The van der Waals surface area contributed by atoms with Crippen molar-refractivity contribution in [1.82, 2.24) is 14.8 Å². The normalized spacial score (nSPS) is 14.6. The number of rotatable bonds is 4. The van der Waals surface area contributed by atoms with Gasteiger partial charge in [-0.15, -0.1) is 5.06 Å². The average Bonchev–Trinajstić information content (AvgIpc) is 2.65. The molecule has 1 aliphatic rings. The van der Waals surface area contributed by atoms with E-state index in [2.05, 4.69) is 9.84 Å². The molecule has 0 unspecified atom stereocenters. The third-order valence-corrected chi connectivity index (χ3v) is 4.06. The topological polar surface area (TPSA) is 73.7 Å². The van der Waals surface area contributed by atoms with Crippen LogP contribution in [-0.4, -0.2) is 40.0 Å². The molecule has 1 fully saturated rings. The van der Waals surface area contributed by atoms with Crippen LogP contribution in [0.4, 0.5) is 0 Å². The van der Waals surface area contributed by atoms with Gasteiger partial charge in [-0.3, -0.25) is 9.59 Å². The molecule has 152 valence electrons. The molecule has 28 heavy (non-hydrogen) atoms. The second-order valence-electron chi connectivity index (χ2n) is 7.61. The second kappa shape index (κ2) is 10.0. The molecule has 7 heteroatoms. The Morgan fingerprint density at radius 1 is 1.00 bits per heavy atom. The highest BCUT2D eigenvalue weighted by Gasteiger charge is 2.11. The average molecular weight is 387 g/mol. The molecule has 0 aliphatic carbocycles. The zero-order chi connectivity index (χ0) is 20.6. The Balaban J connectivity index is 0.000000345. The first-order chi connectivity index (χ1) is 13.3. The monoisotopic (exact) mass is 387 g/mol. The molecule has 0 radical (unpaired) electrons. The number of nitrogens with zero attached hydrogens (tertiary/aromatic N) is 3. The summed E-state index contributed by atoms with van der Waals surface area (Å²) in [5.74, 6) is 0.838. The van der Waals surface area contributed by atoms with E-state index in [9.17, 15) is 9.59 Å². The minimum Gasteiger partial charge on any atom is -0.462 e. The molecule has 7 nitrogen and oxygen atoms in total. The Kier molecular flexibility index (Phi) is 7.75. The van der Waals surface area contributed by atoms with Gasteiger partial charge in [0.05, 0.1) is 5.69 Å². The highest BCUT2D eigenvalue weighted by molar-refractivity contribution is 5.59. The fourth-order valence-corrected chi connectivity index (χ4v) is 2.59. The maximum Gasteiger partial charge on any atom is 0.293 e. The van der Waals surface area contributed by atoms with E-state index < -0.39 is 0 Å². The lowest BCUT2D eigenvalue weighted by molar-refractivity contribution is -0.138. The van der Waals surface area contributed by atoms with Gasteiger partial charge < -0.3 is 9.57 Å². The molecule has 0 N–H and O–H groups in total. The van der Waals surface area contributed by atoms with Crippen molar-refractivity contribution in [2.24, 2.45) is 7.05 Å². The summed E-state index contributed by atoms with van der Waals surface area (Å²) in [7, 11) is 1.65. The third kappa shape index (κ3) is 7.15. The van der Waals surface area contributed by atoms with E-state index in [1.165, 1.54) is 30.0 Å². The molecule has 1 aromatic carbocycles. The summed E-state index contributed by atoms with van der Waals surface area (Å²) in [5.41, 5.74) is 1.32. The number of hydroxylamine groups is 2. The van der Waals surface area contributed by atoms with Crippen LogP contribution in [0.5, 0.6) is 5.75 Å². The minimum absolute atomic E-state index is 0.108. The molecule has 1 aromatic heterocycles. The van der Waals surface area contributed by atoms with Crippen molar-refractivity contribution in [3.63, 3.8) is 0 Å². The van der Waals surface area contributed by atoms with Gasteiger partial charge in [0.15, 0.2) is 0 Å². The quantitative estimate of drug-likeness (QED) is 0.750. The molecule has 2 aromatic rings. The van der Waals surface area contributed by atoms with Crippen LogP contribution in [0.25, 0.3) is 11.3 Å². The Labute approximate surface area is 165 Å². The number of carbonyl (C=O) groups is 1. The van der Waals surface area contributed by atoms with E-state index in [0.717, 1.165) is 30.1 Å². The van der Waals surface area contributed by atoms with E-state index in [1.807, 2.05) is 50.1 Å². The van der Waals surface area contributed by atoms with Crippen LogP contribution in [0.2, 0.25) is 0 Å². The van der Waals surface area contributed by atoms with Crippen LogP contribution in [0.15, 0.2) is 41.2 Å². The van der Waals surface area contributed by atoms with Gasteiger partial charge >= 0.3 is 0 Å². The Bertz CT molecular complexity index is 804. The highest BCUT2D eigenvalue weighted by atomic mass is 16.7. The van der Waals surface area contributed by atoms with Crippen LogP contribution in [0, 0.1) is 0 Å². The van der Waals surface area contributed by atoms with Gasteiger partial charge in [0, 0.05) is 31.8 Å². The number of hydrogen-bond donors (Lipinski definition) is 0. The largest absolute Gasteiger partial charge is 0.462 e. The molecule has 1 aliphatic heterocycles. The van der Waals surface area contributed by atoms with Crippen LogP contribution in [0.3, 0.4) is 0 Å². The van der Waals surface area contributed by atoms with Crippen molar-refractivity contribution in [2.75, 3.05) is 13.1 Å². The number of hydrogen-bond acceptors (Lipinski definition) is 6. The Hall–Kier alpha value is -2.67. The summed E-state index contributed by atoms with van der Waals surface area (Å²) in [5, 5.41) is 6.26. The van der Waals surface area contributed by atoms with Crippen molar-refractivity contribution >= 4 is 6.47 Å². The SMILES string of the molecule is CC(C)(C)OC=O.Cn1nc(-c2ccc(ON3CCCCC3)cc2)ccc1=O. The van der Waals surface area contributed by atoms with Crippen molar-refractivity contribution in [1.29, 1.82) is 0 Å². The van der Waals surface area contributed by atoms with E-state index >= 15 is 0 Å². The zero-order valence-corrected chi connectivity index (χ0v) is 17.1. The number of piperidine rings is 1. The van der Waals surface area contributed by atoms with E-state index in [4.69, 9.17) is 4.84 Å². The van der Waals surface area contributed by atoms with Gasteiger partial charge in [0.1, 0.15) is 11.4 Å². The molecular weight excluding hydrogens is 358 g/mol. The summed E-state index contributed by atoms with van der Waals surface area (Å²) in [6.07, 6.45) is 3.68. The molecule has 0 atom stereocenters. The van der Waals surface area contributed by atoms with E-state index in [-0.39, 0.29) is 11.2 Å². The summed E-state index contributed by atoms with van der Waals surface area (Å²) in [6.45, 7) is 7.90. The lowest BCUT2D eigenvalue weighted by atomic mass is 10.1. The fourth-order valence-electron chi connectivity index (χ4n) is 2.59. The van der Waals surface area contributed by atoms with E-state index in [0.29, 0.717) is 6.47 Å². The summed E-state index contributed by atoms with van der Waals surface area (Å²) < 4.78 is 5.89. The molecule has 0 amide bonds. The molecule has 1 saturated heterocycles. The standard InChI is InChI=1S/C16H19N3O2.C5H10O2/c1-18-16(20)10-9-15(17-18)13-5-7-14(8-6-13)21-19-11-3-2-4-12-19;1-5(2,3)7-4-6/h5-10H,2-4,11-12H2,1H3;4H,1-3H3. The maximum atomic E-state index is 11.4. The molecule has 2 heterocycles. The van der Waals surface area contributed by atoms with Crippen molar-refractivity contribution in [3.05, 3.63) is 46.8 Å². The molecule has 3 rings (SSSR count). The van der Waals surface area contributed by atoms with Crippen LogP contribution in [0.1, 0.15) is 40.0 Å². The second-order valence-corrected chi connectivity index (χ2v) is 7.61. The van der Waals surface area contributed by atoms with Crippen LogP contribution >= 0.6 is 0 Å². The maximum absolute atomic E-state index is 11.4. The first-order valence-electron chi connectivity index (χ1n) is 9.48. The molecule has 0 bridgehead atoms. The summed E-state index contributed by atoms with van der Waals surface area (Å²) >= 11 is 0. The van der Waals surface area contributed by atoms with Gasteiger partial charge in [-0.05, 0) is 63.9 Å². The van der Waals surface area contributed by atoms with Gasteiger partial charge in [-0.2, -0.15) is 5.10 Å². The smallest absolute Gasteiger partial charge is 0.293 e. The van der Waals surface area contributed by atoms with Gasteiger partial charge in [-0.25, -0.2) is 4.68 Å². The van der Waals surface area contributed by atoms with Gasteiger partial charge in [0.25, 0.3) is 12.0 Å². The summed E-state index contributed by atoms with van der Waals surface area (Å²) in [4.78, 5) is 26.8. The number of aromatic nitrogens is 2. The highest BCUT2D eigenvalue weighted by Crippen LogP contribution is 2.21. The third-order valence-electron chi connectivity index (χ3n) is 4.06. The van der Waals surface area contributed by atoms with E-state index in [1.54, 1.807) is 13.1 Å². The van der Waals surface area contributed by atoms with Crippen molar-refractivity contribution < 1.29 is 14.4 Å². The van der Waals surface area contributed by atoms with Gasteiger partial charge in [-0.1, -0.05) is 6.42 Å². The van der Waals surface area contributed by atoms with Crippen LogP contribution < -0.4 is 10.4 Å². The number of ether oxygens (including phenoxy) is 1. The first-order valence-corrected chi connectivity index (χ1v) is 9.48. The Morgan fingerprint density at radius 3 is 2.14 bits per heavy atom. The molecular formula is C21H29N3O4. The predicted molar refractivity (Wildman–Crippen MR) is 108 cm³/mol. The van der Waals surface area contributed by atoms with Crippen LogP contribution in [-0.2, 0) is 16.6 Å². The lowest BCUT2D eigenvalue weighted by Gasteiger charge is -2.26. The minimum atomic E-state index is -0.318. The number of benzene rings is 1. The summed E-state index contributed by atoms with van der Waals surface area (Å²) in [6, 6.07) is 11.1. The van der Waals surface area contributed by atoms with Crippen molar-refractivity contribution in [2.45, 2.75) is 45.6 Å². The lowest BCUT2D eigenvalue weighted by Crippen LogP contribution is -2.32. The first kappa shape index (κ1) is 21.6. The molecule has 0 saturated carbocycles. The predicted octanol–water partition coefficient (Wildman–Crippen LogP) is 3.18. The molecule has 0 spiro atoms. The zero-order valence-electron chi connectivity index (χ0n) is 17.1. The van der Waals surface area contributed by atoms with Crippen molar-refractivity contribution in [3.8, 4) is 17.0 Å². The number of carbonyl (C=O) groups excluding carboxylic acids is 1. The Morgan fingerprint density at radius 2 is 1.64 bits per heavy atom.